The minimum atomic E-state index is 0.464. The summed E-state index contributed by atoms with van der Waals surface area (Å²) in [5.41, 5.74) is 2.87. The molecule has 0 spiro atoms. The molecule has 1 heterocycles. The lowest BCUT2D eigenvalue weighted by molar-refractivity contribution is 0.0547. The maximum atomic E-state index is 8.95. The van der Waals surface area contributed by atoms with E-state index < -0.39 is 0 Å². The second-order valence-electron chi connectivity index (χ2n) is 6.46. The minimum Gasteiger partial charge on any atom is -0.489 e. The van der Waals surface area contributed by atoms with Crippen LogP contribution in [0.15, 0.2) is 48.5 Å². The van der Waals surface area contributed by atoms with Crippen molar-refractivity contribution < 1.29 is 9.47 Å². The highest BCUT2D eigenvalue weighted by atomic mass is 16.5. The molecule has 2 aromatic carbocycles. The van der Waals surface area contributed by atoms with Gasteiger partial charge in [-0.3, -0.25) is 0 Å². The third-order valence-corrected chi connectivity index (χ3v) is 4.38. The fraction of sp³-hybridized carbons (Fsp3) is 0.381. The van der Waals surface area contributed by atoms with E-state index in [0.29, 0.717) is 18.1 Å². The molecule has 0 bridgehead atoms. The largest absolute Gasteiger partial charge is 0.489 e. The molecule has 1 fully saturated rings. The van der Waals surface area contributed by atoms with Gasteiger partial charge in [-0.15, -0.1) is 0 Å². The molecule has 1 saturated heterocycles. The zero-order valence-corrected chi connectivity index (χ0v) is 14.4. The van der Waals surface area contributed by atoms with E-state index in [2.05, 4.69) is 23.5 Å². The average Bonchev–Trinajstić information content (AvgIpc) is 2.68. The highest BCUT2D eigenvalue weighted by molar-refractivity contribution is 5.33. The zero-order chi connectivity index (χ0) is 17.3. The molecule has 3 rings (SSSR count). The van der Waals surface area contributed by atoms with Gasteiger partial charge in [0.1, 0.15) is 12.4 Å². The van der Waals surface area contributed by atoms with Crippen molar-refractivity contribution in [3.05, 3.63) is 65.2 Å². The smallest absolute Gasteiger partial charge is 0.120 e. The molecule has 1 unspecified atom stereocenters. The van der Waals surface area contributed by atoms with Crippen LogP contribution in [0.2, 0.25) is 0 Å². The van der Waals surface area contributed by atoms with Crippen molar-refractivity contribution in [1.82, 2.24) is 5.32 Å². The number of nitrogens with zero attached hydrogens (tertiary/aromatic N) is 1. The third-order valence-electron chi connectivity index (χ3n) is 4.38. The van der Waals surface area contributed by atoms with Crippen molar-refractivity contribution in [3.8, 4) is 11.8 Å². The first-order valence-electron chi connectivity index (χ1n) is 8.83. The molecule has 130 valence electrons. The van der Waals surface area contributed by atoms with Gasteiger partial charge in [-0.1, -0.05) is 24.3 Å². The van der Waals surface area contributed by atoms with Gasteiger partial charge in [0.05, 0.1) is 18.2 Å². The number of hydrogen-bond acceptors (Lipinski definition) is 4. The highest BCUT2D eigenvalue weighted by Crippen LogP contribution is 2.16. The van der Waals surface area contributed by atoms with Gasteiger partial charge < -0.3 is 14.8 Å². The molecule has 0 radical (unpaired) electrons. The summed E-state index contributed by atoms with van der Waals surface area (Å²) in [5.74, 6) is 1.48. The number of rotatable bonds is 7. The van der Waals surface area contributed by atoms with Gasteiger partial charge in [0.2, 0.25) is 0 Å². The average molecular weight is 336 g/mol. The van der Waals surface area contributed by atoms with Gasteiger partial charge in [0, 0.05) is 19.7 Å². The van der Waals surface area contributed by atoms with Crippen molar-refractivity contribution in [2.75, 3.05) is 19.8 Å². The summed E-state index contributed by atoms with van der Waals surface area (Å²) >= 11 is 0. The molecule has 1 aliphatic rings. The number of hydrogen-bond donors (Lipinski definition) is 1. The standard InChI is InChI=1S/C21H24N2O2/c22-12-17-4-1-6-19(10-17)16-25-21-8-2-5-18(11-21)13-23-14-20-7-3-9-24-15-20/h1-2,4-6,8,10-11,20,23H,3,7,9,13-16H2. The molecule has 25 heavy (non-hydrogen) atoms. The van der Waals surface area contributed by atoms with Crippen LogP contribution in [0.25, 0.3) is 0 Å². The molecular weight excluding hydrogens is 312 g/mol. The first kappa shape index (κ1) is 17.5. The Hall–Kier alpha value is -2.35. The van der Waals surface area contributed by atoms with Crippen LogP contribution < -0.4 is 10.1 Å². The molecule has 0 saturated carbocycles. The predicted octanol–water partition coefficient (Wildman–Crippen LogP) is 3.65. The van der Waals surface area contributed by atoms with Gasteiger partial charge in [-0.05, 0) is 54.2 Å². The summed E-state index contributed by atoms with van der Waals surface area (Å²) < 4.78 is 11.4. The van der Waals surface area contributed by atoms with Crippen molar-refractivity contribution in [1.29, 1.82) is 5.26 Å². The van der Waals surface area contributed by atoms with E-state index in [4.69, 9.17) is 14.7 Å². The summed E-state index contributed by atoms with van der Waals surface area (Å²) in [7, 11) is 0. The Morgan fingerprint density at radius 1 is 1.16 bits per heavy atom. The first-order chi connectivity index (χ1) is 12.3. The lowest BCUT2D eigenvalue weighted by Gasteiger charge is -2.22. The SMILES string of the molecule is N#Cc1cccc(COc2cccc(CNCC3CCCOC3)c2)c1. The van der Waals surface area contributed by atoms with Gasteiger partial charge in [-0.2, -0.15) is 5.26 Å². The van der Waals surface area contributed by atoms with Crippen LogP contribution >= 0.6 is 0 Å². The van der Waals surface area contributed by atoms with E-state index in [9.17, 15) is 0 Å². The lowest BCUT2D eigenvalue weighted by atomic mass is 10.0. The van der Waals surface area contributed by atoms with E-state index in [1.165, 1.54) is 18.4 Å². The van der Waals surface area contributed by atoms with Gasteiger partial charge in [0.15, 0.2) is 0 Å². The minimum absolute atomic E-state index is 0.464. The van der Waals surface area contributed by atoms with Crippen molar-refractivity contribution in [2.45, 2.75) is 26.0 Å². The van der Waals surface area contributed by atoms with E-state index in [1.807, 2.05) is 30.3 Å². The normalized spacial score (nSPS) is 17.0. The topological polar surface area (TPSA) is 54.3 Å². The summed E-state index contributed by atoms with van der Waals surface area (Å²) in [6.45, 7) is 4.07. The maximum Gasteiger partial charge on any atom is 0.120 e. The van der Waals surface area contributed by atoms with E-state index in [0.717, 1.165) is 37.6 Å². The van der Waals surface area contributed by atoms with Crippen LogP contribution in [-0.2, 0) is 17.9 Å². The van der Waals surface area contributed by atoms with Crippen LogP contribution in [0.5, 0.6) is 5.75 Å². The van der Waals surface area contributed by atoms with Gasteiger partial charge in [0.25, 0.3) is 0 Å². The molecule has 0 aliphatic carbocycles. The Balaban J connectivity index is 1.48. The van der Waals surface area contributed by atoms with Crippen molar-refractivity contribution in [3.63, 3.8) is 0 Å². The molecule has 4 nitrogen and oxygen atoms in total. The zero-order valence-electron chi connectivity index (χ0n) is 14.4. The molecule has 1 atom stereocenters. The first-order valence-corrected chi connectivity index (χ1v) is 8.83. The number of ether oxygens (including phenoxy) is 2. The number of nitrogens with one attached hydrogen (secondary N) is 1. The fourth-order valence-corrected chi connectivity index (χ4v) is 3.03. The molecule has 1 aliphatic heterocycles. The van der Waals surface area contributed by atoms with Crippen LogP contribution in [0.1, 0.15) is 29.5 Å². The van der Waals surface area contributed by atoms with E-state index in [-0.39, 0.29) is 0 Å². The summed E-state index contributed by atoms with van der Waals surface area (Å²) in [5, 5.41) is 12.5. The van der Waals surface area contributed by atoms with E-state index >= 15 is 0 Å². The van der Waals surface area contributed by atoms with Crippen molar-refractivity contribution in [2.24, 2.45) is 5.92 Å². The maximum absolute atomic E-state index is 8.95. The summed E-state index contributed by atoms with van der Waals surface area (Å²) in [6.07, 6.45) is 2.42. The van der Waals surface area contributed by atoms with Crippen LogP contribution in [0.3, 0.4) is 0 Å². The van der Waals surface area contributed by atoms with Crippen LogP contribution in [0, 0.1) is 17.2 Å². The second kappa shape index (κ2) is 9.22. The summed E-state index contributed by atoms with van der Waals surface area (Å²) in [6, 6.07) is 17.8. The van der Waals surface area contributed by atoms with E-state index in [1.54, 1.807) is 6.07 Å². The Morgan fingerprint density at radius 2 is 2.04 bits per heavy atom. The molecular formula is C21H24N2O2. The Morgan fingerprint density at radius 3 is 2.88 bits per heavy atom. The van der Waals surface area contributed by atoms with Crippen LogP contribution in [-0.4, -0.2) is 19.8 Å². The Kier molecular flexibility index (Phi) is 6.44. The quantitative estimate of drug-likeness (QED) is 0.838. The second-order valence-corrected chi connectivity index (χ2v) is 6.46. The molecule has 0 aromatic heterocycles. The third kappa shape index (κ3) is 5.60. The van der Waals surface area contributed by atoms with Gasteiger partial charge >= 0.3 is 0 Å². The molecule has 0 amide bonds. The number of benzene rings is 2. The fourth-order valence-electron chi connectivity index (χ4n) is 3.03. The lowest BCUT2D eigenvalue weighted by Crippen LogP contribution is -2.28. The molecule has 2 aromatic rings. The highest BCUT2D eigenvalue weighted by Gasteiger charge is 2.13. The predicted molar refractivity (Wildman–Crippen MR) is 97.2 cm³/mol. The Bertz CT molecular complexity index is 718. The summed E-state index contributed by atoms with van der Waals surface area (Å²) in [4.78, 5) is 0. The number of nitriles is 1. The van der Waals surface area contributed by atoms with Crippen molar-refractivity contribution >= 4 is 0 Å². The molecule has 4 heteroatoms. The van der Waals surface area contributed by atoms with Gasteiger partial charge in [-0.25, -0.2) is 0 Å². The monoisotopic (exact) mass is 336 g/mol. The van der Waals surface area contributed by atoms with Crippen LogP contribution in [0.4, 0.5) is 0 Å². The Labute approximate surface area is 149 Å². The molecule has 1 N–H and O–H groups in total.